The van der Waals surface area contributed by atoms with E-state index in [2.05, 4.69) is 40.6 Å². The summed E-state index contributed by atoms with van der Waals surface area (Å²) in [5.74, 6) is 1.90. The molecule has 0 spiro atoms. The highest BCUT2D eigenvalue weighted by Gasteiger charge is 2.22. The molecule has 1 aliphatic heterocycles. The summed E-state index contributed by atoms with van der Waals surface area (Å²) < 4.78 is 0. The maximum Gasteiger partial charge on any atom is 0.173 e. The number of anilines is 2. The highest BCUT2D eigenvalue weighted by atomic mass is 15.4. The first-order valence-electron chi connectivity index (χ1n) is 6.00. The first-order valence-corrected chi connectivity index (χ1v) is 6.00. The van der Waals surface area contributed by atoms with Crippen LogP contribution < -0.4 is 9.80 Å². The molecular weight excluding hydrogens is 232 g/mol. The summed E-state index contributed by atoms with van der Waals surface area (Å²) in [4.78, 5) is 4.48. The highest BCUT2D eigenvalue weighted by molar-refractivity contribution is 5.47. The summed E-state index contributed by atoms with van der Waals surface area (Å²) in [6, 6.07) is 0. The topological polar surface area (TPSA) is 89.6 Å². The van der Waals surface area contributed by atoms with Crippen LogP contribution >= 0.6 is 0 Å². The smallest absolute Gasteiger partial charge is 0.173 e. The summed E-state index contributed by atoms with van der Waals surface area (Å²) in [5.41, 5.74) is 1.89. The number of nitrogens with zero attached hydrogens (tertiary/aromatic N) is 6. The molecule has 8 nitrogen and oxygen atoms in total. The van der Waals surface area contributed by atoms with Gasteiger partial charge in [-0.15, -0.1) is 10.2 Å². The van der Waals surface area contributed by atoms with Gasteiger partial charge in [-0.2, -0.15) is 20.6 Å². The van der Waals surface area contributed by atoms with Gasteiger partial charge in [0, 0.05) is 26.2 Å². The van der Waals surface area contributed by atoms with E-state index in [-0.39, 0.29) is 0 Å². The minimum Gasteiger partial charge on any atom is -0.350 e. The van der Waals surface area contributed by atoms with Gasteiger partial charge in [0.2, 0.25) is 0 Å². The number of aryl methyl sites for hydroxylation is 2. The highest BCUT2D eigenvalue weighted by Crippen LogP contribution is 2.19. The molecule has 3 rings (SSSR count). The predicted octanol–water partition coefficient (Wildman–Crippen LogP) is -0.134. The Kier molecular flexibility index (Phi) is 2.62. The van der Waals surface area contributed by atoms with Crippen molar-refractivity contribution in [3.63, 3.8) is 0 Å². The lowest BCUT2D eigenvalue weighted by molar-refractivity contribution is 0.638. The fourth-order valence-corrected chi connectivity index (χ4v) is 2.29. The first kappa shape index (κ1) is 11.0. The predicted molar refractivity (Wildman–Crippen MR) is 66.7 cm³/mol. The van der Waals surface area contributed by atoms with E-state index in [1.54, 1.807) is 0 Å². The first-order chi connectivity index (χ1) is 8.75. The Bertz CT molecular complexity index is 473. The third kappa shape index (κ3) is 1.79. The lowest BCUT2D eigenvalue weighted by Gasteiger charge is -2.35. The van der Waals surface area contributed by atoms with Crippen molar-refractivity contribution in [3.05, 3.63) is 11.4 Å². The van der Waals surface area contributed by atoms with Crippen molar-refractivity contribution in [1.29, 1.82) is 0 Å². The molecular formula is C10H16N8. The van der Waals surface area contributed by atoms with Crippen molar-refractivity contribution < 1.29 is 0 Å². The van der Waals surface area contributed by atoms with Crippen molar-refractivity contribution in [2.45, 2.75) is 13.8 Å². The van der Waals surface area contributed by atoms with Crippen LogP contribution in [0.4, 0.5) is 11.6 Å². The number of nitrogens with one attached hydrogen (secondary N) is 2. The third-order valence-electron chi connectivity index (χ3n) is 3.27. The van der Waals surface area contributed by atoms with Crippen molar-refractivity contribution in [2.24, 2.45) is 0 Å². The second kappa shape index (κ2) is 4.28. The molecule has 8 heteroatoms. The van der Waals surface area contributed by atoms with E-state index in [9.17, 15) is 0 Å². The molecule has 1 fully saturated rings. The molecule has 0 radical (unpaired) electrons. The van der Waals surface area contributed by atoms with Gasteiger partial charge < -0.3 is 9.80 Å². The lowest BCUT2D eigenvalue weighted by atomic mass is 10.3. The summed E-state index contributed by atoms with van der Waals surface area (Å²) >= 11 is 0. The second-order valence-corrected chi connectivity index (χ2v) is 4.44. The Labute approximate surface area is 104 Å². The average molecular weight is 248 g/mol. The van der Waals surface area contributed by atoms with Gasteiger partial charge in [0.25, 0.3) is 0 Å². The summed E-state index contributed by atoms with van der Waals surface area (Å²) in [6.07, 6.45) is 0. The van der Waals surface area contributed by atoms with E-state index in [1.165, 1.54) is 0 Å². The molecule has 1 aliphatic rings. The monoisotopic (exact) mass is 248 g/mol. The number of aromatic nitrogens is 6. The minimum atomic E-state index is 0.916. The molecule has 3 heterocycles. The molecule has 0 atom stereocenters. The molecule has 1 saturated heterocycles. The molecule has 0 aliphatic carbocycles. The minimum absolute atomic E-state index is 0.916. The number of H-pyrrole nitrogens is 2. The van der Waals surface area contributed by atoms with Crippen LogP contribution in [0, 0.1) is 13.8 Å². The summed E-state index contributed by atoms with van der Waals surface area (Å²) in [5, 5.41) is 21.8. The number of rotatable bonds is 2. The van der Waals surface area contributed by atoms with Gasteiger partial charge in [-0.25, -0.2) is 0 Å². The zero-order chi connectivity index (χ0) is 12.5. The van der Waals surface area contributed by atoms with Gasteiger partial charge in [0.1, 0.15) is 11.4 Å². The third-order valence-corrected chi connectivity index (χ3v) is 3.27. The van der Waals surface area contributed by atoms with E-state index < -0.39 is 0 Å². The van der Waals surface area contributed by atoms with E-state index in [0.717, 1.165) is 49.2 Å². The van der Waals surface area contributed by atoms with Gasteiger partial charge >= 0.3 is 0 Å². The number of hydrogen-bond donors (Lipinski definition) is 2. The average Bonchev–Trinajstić information content (AvgIpc) is 2.98. The molecule has 2 aromatic rings. The normalized spacial score (nSPS) is 16.3. The number of piperazine rings is 1. The van der Waals surface area contributed by atoms with E-state index in [4.69, 9.17) is 0 Å². The molecule has 0 saturated carbocycles. The SMILES string of the molecule is Cc1n[nH]nc1N1CCN(c2n[nH]nc2C)CC1. The molecule has 0 bridgehead atoms. The zero-order valence-corrected chi connectivity index (χ0v) is 10.5. The van der Waals surface area contributed by atoms with Crippen LogP contribution in [0.1, 0.15) is 11.4 Å². The standard InChI is InChI=1S/C10H16N8/c1-7-9(13-15-11-7)17-3-5-18(6-4-17)10-8(2)12-16-14-10/h3-6H2,1-2H3,(H,11,13,15)(H,12,14,16). The molecule has 0 unspecified atom stereocenters. The van der Waals surface area contributed by atoms with Crippen LogP contribution in [-0.4, -0.2) is 57.0 Å². The molecule has 0 aromatic carbocycles. The summed E-state index contributed by atoms with van der Waals surface area (Å²) in [7, 11) is 0. The van der Waals surface area contributed by atoms with Gasteiger partial charge in [0.15, 0.2) is 11.6 Å². The van der Waals surface area contributed by atoms with Crippen LogP contribution in [0.5, 0.6) is 0 Å². The Morgan fingerprint density at radius 1 is 0.722 bits per heavy atom. The van der Waals surface area contributed by atoms with Crippen LogP contribution in [0.2, 0.25) is 0 Å². The Hall–Kier alpha value is -2.12. The maximum absolute atomic E-state index is 4.18. The Balaban J connectivity index is 1.69. The Morgan fingerprint density at radius 2 is 1.11 bits per heavy atom. The fraction of sp³-hybridized carbons (Fsp3) is 0.600. The van der Waals surface area contributed by atoms with Gasteiger partial charge in [-0.05, 0) is 13.8 Å². The zero-order valence-electron chi connectivity index (χ0n) is 10.5. The molecule has 2 aromatic heterocycles. The maximum atomic E-state index is 4.18. The van der Waals surface area contributed by atoms with Gasteiger partial charge in [-0.1, -0.05) is 0 Å². The summed E-state index contributed by atoms with van der Waals surface area (Å²) in [6.45, 7) is 7.60. The van der Waals surface area contributed by atoms with E-state index in [0.29, 0.717) is 0 Å². The van der Waals surface area contributed by atoms with Crippen LogP contribution in [-0.2, 0) is 0 Å². The van der Waals surface area contributed by atoms with Gasteiger partial charge in [0.05, 0.1) is 0 Å². The molecule has 96 valence electrons. The van der Waals surface area contributed by atoms with Crippen LogP contribution in [0.25, 0.3) is 0 Å². The van der Waals surface area contributed by atoms with Crippen molar-refractivity contribution in [3.8, 4) is 0 Å². The van der Waals surface area contributed by atoms with E-state index >= 15 is 0 Å². The second-order valence-electron chi connectivity index (χ2n) is 4.44. The van der Waals surface area contributed by atoms with Gasteiger partial charge in [-0.3, -0.25) is 0 Å². The molecule has 2 N–H and O–H groups in total. The van der Waals surface area contributed by atoms with Crippen LogP contribution in [0.3, 0.4) is 0 Å². The largest absolute Gasteiger partial charge is 0.350 e. The van der Waals surface area contributed by atoms with Crippen LogP contribution in [0.15, 0.2) is 0 Å². The quantitative estimate of drug-likeness (QED) is 0.769. The number of hydrogen-bond acceptors (Lipinski definition) is 6. The Morgan fingerprint density at radius 3 is 1.39 bits per heavy atom. The van der Waals surface area contributed by atoms with Crippen molar-refractivity contribution in [1.82, 2.24) is 30.8 Å². The van der Waals surface area contributed by atoms with E-state index in [1.807, 2.05) is 13.8 Å². The molecule has 0 amide bonds. The van der Waals surface area contributed by atoms with Crippen molar-refractivity contribution >= 4 is 11.6 Å². The molecule has 18 heavy (non-hydrogen) atoms. The fourth-order valence-electron chi connectivity index (χ4n) is 2.29. The van der Waals surface area contributed by atoms with Crippen molar-refractivity contribution in [2.75, 3.05) is 36.0 Å². The number of aromatic amines is 2. The lowest BCUT2D eigenvalue weighted by Crippen LogP contribution is -2.47.